The molecule has 0 amide bonds. The number of aliphatic imine (C=N–C) groups is 1. The Hall–Kier alpha value is -1.56. The summed E-state index contributed by atoms with van der Waals surface area (Å²) in [5.41, 5.74) is 12.2. The highest BCUT2D eigenvalue weighted by atomic mass is 79.9. The molecule has 1 aromatic heterocycles. The first-order valence-corrected chi connectivity index (χ1v) is 3.80. The summed E-state index contributed by atoms with van der Waals surface area (Å²) in [5.74, 6) is 0.431. The number of guanidine groups is 1. The van der Waals surface area contributed by atoms with Crippen LogP contribution < -0.4 is 11.5 Å². The van der Waals surface area contributed by atoms with E-state index in [2.05, 4.69) is 15.0 Å². The third-order valence-corrected chi connectivity index (χ3v) is 1.61. The standard InChI is InChI=1S/C8H9N5.BrH/c9-7(10)13-8-11-5-3-1-2-4-6(5)12-8;/h1-4H,(H5,9,10,11,12,13);1H. The Balaban J connectivity index is 0.000000980. The van der Waals surface area contributed by atoms with Crippen molar-refractivity contribution in [2.75, 3.05) is 0 Å². The summed E-state index contributed by atoms with van der Waals surface area (Å²) in [6, 6.07) is 7.62. The number of hydrogen-bond acceptors (Lipinski definition) is 2. The van der Waals surface area contributed by atoms with Crippen LogP contribution in [0.15, 0.2) is 29.3 Å². The van der Waals surface area contributed by atoms with E-state index < -0.39 is 0 Å². The maximum absolute atomic E-state index is 5.21. The summed E-state index contributed by atoms with van der Waals surface area (Å²) in [5, 5.41) is 0. The van der Waals surface area contributed by atoms with Gasteiger partial charge in [0.05, 0.1) is 11.0 Å². The molecule has 5 nitrogen and oxygen atoms in total. The molecule has 0 atom stereocenters. The van der Waals surface area contributed by atoms with E-state index in [4.69, 9.17) is 11.5 Å². The molecule has 2 rings (SSSR count). The number of hydrogen-bond donors (Lipinski definition) is 3. The van der Waals surface area contributed by atoms with E-state index in [0.29, 0.717) is 5.95 Å². The minimum absolute atomic E-state index is 0. The highest BCUT2D eigenvalue weighted by Crippen LogP contribution is 2.14. The van der Waals surface area contributed by atoms with Crippen LogP contribution in [0.1, 0.15) is 0 Å². The third-order valence-electron chi connectivity index (χ3n) is 1.61. The van der Waals surface area contributed by atoms with Gasteiger partial charge in [0.2, 0.25) is 5.95 Å². The van der Waals surface area contributed by atoms with Crippen LogP contribution in [0.25, 0.3) is 11.0 Å². The number of nitrogens with one attached hydrogen (secondary N) is 1. The van der Waals surface area contributed by atoms with Crippen LogP contribution in [0.3, 0.4) is 0 Å². The average Bonchev–Trinajstić information content (AvgIpc) is 2.44. The highest BCUT2D eigenvalue weighted by molar-refractivity contribution is 8.93. The molecule has 0 fully saturated rings. The first kappa shape index (κ1) is 10.5. The van der Waals surface area contributed by atoms with Gasteiger partial charge in [0, 0.05) is 0 Å². The van der Waals surface area contributed by atoms with E-state index in [-0.39, 0.29) is 22.9 Å². The predicted octanol–water partition coefficient (Wildman–Crippen LogP) is 1.05. The smallest absolute Gasteiger partial charge is 0.231 e. The average molecular weight is 256 g/mol. The molecule has 0 aliphatic heterocycles. The van der Waals surface area contributed by atoms with Gasteiger partial charge in [0.25, 0.3) is 0 Å². The SMILES string of the molecule is Br.NC(N)=Nc1nc2ccccc2[nH]1. The molecule has 6 heteroatoms. The van der Waals surface area contributed by atoms with Gasteiger partial charge in [-0.1, -0.05) is 12.1 Å². The number of halogens is 1. The third kappa shape index (κ3) is 2.02. The summed E-state index contributed by atoms with van der Waals surface area (Å²) in [6.07, 6.45) is 0. The van der Waals surface area contributed by atoms with Crippen LogP contribution in [0.4, 0.5) is 5.95 Å². The number of benzene rings is 1. The molecular formula is C8H10BrN5. The topological polar surface area (TPSA) is 93.1 Å². The lowest BCUT2D eigenvalue weighted by atomic mass is 10.3. The second-order valence-electron chi connectivity index (χ2n) is 2.61. The highest BCUT2D eigenvalue weighted by Gasteiger charge is 1.99. The molecule has 0 unspecified atom stereocenters. The van der Waals surface area contributed by atoms with Crippen molar-refractivity contribution in [3.8, 4) is 0 Å². The van der Waals surface area contributed by atoms with Crippen molar-refractivity contribution in [1.29, 1.82) is 0 Å². The Kier molecular flexibility index (Phi) is 3.08. The molecule has 0 bridgehead atoms. The number of H-pyrrole nitrogens is 1. The molecule has 74 valence electrons. The number of fused-ring (bicyclic) bond motifs is 1. The normalized spacial score (nSPS) is 9.43. The molecular weight excluding hydrogens is 246 g/mol. The van der Waals surface area contributed by atoms with Gasteiger partial charge < -0.3 is 16.5 Å². The Labute approximate surface area is 91.0 Å². The molecule has 0 radical (unpaired) electrons. The number of imidazole rings is 1. The summed E-state index contributed by atoms with van der Waals surface area (Å²) in [4.78, 5) is 10.9. The molecule has 0 spiro atoms. The van der Waals surface area contributed by atoms with Crippen molar-refractivity contribution in [2.24, 2.45) is 16.5 Å². The first-order chi connectivity index (χ1) is 6.25. The number of aromatic amines is 1. The van der Waals surface area contributed by atoms with E-state index in [9.17, 15) is 0 Å². The number of rotatable bonds is 1. The Morgan fingerprint density at radius 3 is 2.64 bits per heavy atom. The van der Waals surface area contributed by atoms with Gasteiger partial charge in [0.15, 0.2) is 5.96 Å². The molecule has 0 aliphatic rings. The molecule has 0 saturated carbocycles. The van der Waals surface area contributed by atoms with E-state index in [1.165, 1.54) is 0 Å². The second kappa shape index (κ2) is 4.10. The van der Waals surface area contributed by atoms with Gasteiger partial charge in [-0.25, -0.2) is 4.98 Å². The largest absolute Gasteiger partial charge is 0.370 e. The molecule has 14 heavy (non-hydrogen) atoms. The minimum Gasteiger partial charge on any atom is -0.370 e. The van der Waals surface area contributed by atoms with Crippen molar-refractivity contribution in [1.82, 2.24) is 9.97 Å². The van der Waals surface area contributed by atoms with E-state index in [1.807, 2.05) is 24.3 Å². The van der Waals surface area contributed by atoms with E-state index in [0.717, 1.165) is 11.0 Å². The fourth-order valence-electron chi connectivity index (χ4n) is 1.11. The van der Waals surface area contributed by atoms with Gasteiger partial charge in [-0.15, -0.1) is 17.0 Å². The number of nitrogens with two attached hydrogens (primary N) is 2. The van der Waals surface area contributed by atoms with Gasteiger partial charge in [-0.05, 0) is 12.1 Å². The van der Waals surface area contributed by atoms with Crippen LogP contribution in [-0.2, 0) is 0 Å². The fraction of sp³-hybridized carbons (Fsp3) is 0. The van der Waals surface area contributed by atoms with Crippen LogP contribution in [0.2, 0.25) is 0 Å². The Morgan fingerprint density at radius 1 is 1.29 bits per heavy atom. The summed E-state index contributed by atoms with van der Waals surface area (Å²) in [6.45, 7) is 0. The van der Waals surface area contributed by atoms with Crippen LogP contribution in [-0.4, -0.2) is 15.9 Å². The Morgan fingerprint density at radius 2 is 2.00 bits per heavy atom. The zero-order valence-electron chi connectivity index (χ0n) is 7.27. The number of aromatic nitrogens is 2. The lowest BCUT2D eigenvalue weighted by molar-refractivity contribution is 1.24. The predicted molar refractivity (Wildman–Crippen MR) is 61.9 cm³/mol. The fourth-order valence-corrected chi connectivity index (χ4v) is 1.11. The zero-order valence-corrected chi connectivity index (χ0v) is 8.98. The van der Waals surface area contributed by atoms with Crippen molar-refractivity contribution >= 4 is 39.9 Å². The van der Waals surface area contributed by atoms with Gasteiger partial charge in [-0.2, -0.15) is 4.99 Å². The van der Waals surface area contributed by atoms with E-state index >= 15 is 0 Å². The number of para-hydroxylation sites is 2. The van der Waals surface area contributed by atoms with Crippen LogP contribution in [0.5, 0.6) is 0 Å². The summed E-state index contributed by atoms with van der Waals surface area (Å²) < 4.78 is 0. The minimum atomic E-state index is -0.000874. The second-order valence-corrected chi connectivity index (χ2v) is 2.61. The van der Waals surface area contributed by atoms with Crippen LogP contribution >= 0.6 is 17.0 Å². The molecule has 2 aromatic rings. The number of nitrogens with zero attached hydrogens (tertiary/aromatic N) is 2. The lowest BCUT2D eigenvalue weighted by Crippen LogP contribution is -2.22. The maximum Gasteiger partial charge on any atom is 0.231 e. The zero-order chi connectivity index (χ0) is 9.26. The molecule has 1 aromatic carbocycles. The van der Waals surface area contributed by atoms with Gasteiger partial charge in [0.1, 0.15) is 0 Å². The maximum atomic E-state index is 5.21. The van der Waals surface area contributed by atoms with Gasteiger partial charge in [-0.3, -0.25) is 0 Å². The van der Waals surface area contributed by atoms with Crippen molar-refractivity contribution in [2.45, 2.75) is 0 Å². The van der Waals surface area contributed by atoms with Crippen molar-refractivity contribution in [3.05, 3.63) is 24.3 Å². The van der Waals surface area contributed by atoms with Crippen molar-refractivity contribution < 1.29 is 0 Å². The molecule has 5 N–H and O–H groups in total. The summed E-state index contributed by atoms with van der Waals surface area (Å²) >= 11 is 0. The Bertz CT molecular complexity index is 424. The van der Waals surface area contributed by atoms with Crippen molar-refractivity contribution in [3.63, 3.8) is 0 Å². The quantitative estimate of drug-likeness (QED) is 0.525. The first-order valence-electron chi connectivity index (χ1n) is 3.80. The van der Waals surface area contributed by atoms with Crippen LogP contribution in [0, 0.1) is 0 Å². The summed E-state index contributed by atoms with van der Waals surface area (Å²) in [7, 11) is 0. The van der Waals surface area contributed by atoms with Gasteiger partial charge >= 0.3 is 0 Å². The molecule has 1 heterocycles. The lowest BCUT2D eigenvalue weighted by Gasteiger charge is -1.85. The molecule has 0 saturated heterocycles. The monoisotopic (exact) mass is 255 g/mol. The van der Waals surface area contributed by atoms with E-state index in [1.54, 1.807) is 0 Å². The molecule has 0 aliphatic carbocycles.